The van der Waals surface area contributed by atoms with Gasteiger partial charge in [-0.05, 0) is 18.1 Å². The van der Waals surface area contributed by atoms with E-state index in [-0.39, 0.29) is 32.5 Å². The number of alkyl halides is 2. The van der Waals surface area contributed by atoms with Gasteiger partial charge in [-0.3, -0.25) is 0 Å². The molecule has 2 rings (SSSR count). The molecule has 3 N–H and O–H groups in total. The van der Waals surface area contributed by atoms with Crippen molar-refractivity contribution in [2.24, 2.45) is 0 Å². The number of nitrogens with zero attached hydrogens (tertiary/aromatic N) is 2. The van der Waals surface area contributed by atoms with Crippen LogP contribution in [0.5, 0.6) is 0 Å². The Morgan fingerprint density at radius 1 is 1.39 bits per heavy atom. The van der Waals surface area contributed by atoms with Crippen LogP contribution in [0.2, 0.25) is 0 Å². The van der Waals surface area contributed by atoms with E-state index in [1.165, 1.54) is 6.20 Å². The zero-order valence-electron chi connectivity index (χ0n) is 10.1. The fourth-order valence-electron chi connectivity index (χ4n) is 2.16. The second-order valence-corrected chi connectivity index (χ2v) is 4.57. The maximum Gasteiger partial charge on any atom is 0.251 e. The largest absolute Gasteiger partial charge is 0.397 e. The predicted molar refractivity (Wildman–Crippen MR) is 65.8 cm³/mol. The van der Waals surface area contributed by atoms with Crippen molar-refractivity contribution in [3.8, 4) is 0 Å². The van der Waals surface area contributed by atoms with E-state index in [9.17, 15) is 8.78 Å². The molecule has 6 heteroatoms. The zero-order valence-corrected chi connectivity index (χ0v) is 10.1. The van der Waals surface area contributed by atoms with Crippen molar-refractivity contribution in [1.82, 2.24) is 4.98 Å². The van der Waals surface area contributed by atoms with Gasteiger partial charge in [0.15, 0.2) is 0 Å². The van der Waals surface area contributed by atoms with E-state index in [2.05, 4.69) is 4.98 Å². The first kappa shape index (κ1) is 13.0. The number of hydrogen-bond acceptors (Lipinski definition) is 4. The van der Waals surface area contributed by atoms with Crippen LogP contribution < -0.4 is 10.6 Å². The highest BCUT2D eigenvalue weighted by Gasteiger charge is 2.34. The van der Waals surface area contributed by atoms with Gasteiger partial charge in [0.2, 0.25) is 0 Å². The maximum absolute atomic E-state index is 13.1. The molecular formula is C12H17F2N3O. The molecule has 0 atom stereocenters. The predicted octanol–water partition coefficient (Wildman–Crippen LogP) is 1.43. The van der Waals surface area contributed by atoms with Gasteiger partial charge in [-0.15, -0.1) is 0 Å². The SMILES string of the molecule is Nc1cnc(N2CCC(F)(F)CC2)c(CCO)c1. The summed E-state index contributed by atoms with van der Waals surface area (Å²) in [5.74, 6) is -1.91. The van der Waals surface area contributed by atoms with Crippen molar-refractivity contribution in [2.75, 3.05) is 30.3 Å². The monoisotopic (exact) mass is 257 g/mol. The first-order chi connectivity index (χ1) is 8.52. The second kappa shape index (κ2) is 5.06. The summed E-state index contributed by atoms with van der Waals surface area (Å²) in [6.45, 7) is 0.548. The van der Waals surface area contributed by atoms with Crippen molar-refractivity contribution < 1.29 is 13.9 Å². The number of nitrogens with two attached hydrogens (primary N) is 1. The average Bonchev–Trinajstić information content (AvgIpc) is 2.31. The third kappa shape index (κ3) is 2.87. The molecule has 2 heterocycles. The third-order valence-electron chi connectivity index (χ3n) is 3.14. The lowest BCUT2D eigenvalue weighted by atomic mass is 10.1. The number of nitrogen functional groups attached to an aromatic ring is 1. The quantitative estimate of drug-likeness (QED) is 0.860. The van der Waals surface area contributed by atoms with Crippen LogP contribution in [-0.4, -0.2) is 35.7 Å². The van der Waals surface area contributed by atoms with Gasteiger partial charge < -0.3 is 15.7 Å². The molecular weight excluding hydrogens is 240 g/mol. The summed E-state index contributed by atoms with van der Waals surface area (Å²) in [6.07, 6.45) is 1.64. The van der Waals surface area contributed by atoms with Gasteiger partial charge in [-0.25, -0.2) is 13.8 Å². The van der Waals surface area contributed by atoms with E-state index in [1.807, 2.05) is 4.90 Å². The molecule has 0 amide bonds. The highest BCUT2D eigenvalue weighted by molar-refractivity contribution is 5.53. The van der Waals surface area contributed by atoms with Gasteiger partial charge in [-0.1, -0.05) is 0 Å². The van der Waals surface area contributed by atoms with E-state index < -0.39 is 5.92 Å². The highest BCUT2D eigenvalue weighted by atomic mass is 19.3. The van der Waals surface area contributed by atoms with Gasteiger partial charge >= 0.3 is 0 Å². The van der Waals surface area contributed by atoms with Crippen molar-refractivity contribution in [1.29, 1.82) is 0 Å². The Bertz CT molecular complexity index is 416. The molecule has 0 aromatic carbocycles. The van der Waals surface area contributed by atoms with Gasteiger partial charge in [0.05, 0.1) is 11.9 Å². The Labute approximate surface area is 104 Å². The molecule has 1 fully saturated rings. The van der Waals surface area contributed by atoms with Gasteiger partial charge in [0, 0.05) is 32.5 Å². The minimum atomic E-state index is -2.57. The van der Waals surface area contributed by atoms with Crippen LogP contribution in [0, 0.1) is 0 Å². The summed E-state index contributed by atoms with van der Waals surface area (Å²) in [4.78, 5) is 6.05. The standard InChI is InChI=1S/C12H17F2N3O/c13-12(14)2-4-17(5-3-12)11-9(1-6-18)7-10(15)8-16-11/h7-8,18H,1-6,15H2. The van der Waals surface area contributed by atoms with E-state index in [0.29, 0.717) is 17.9 Å². The molecule has 0 spiro atoms. The highest BCUT2D eigenvalue weighted by Crippen LogP contribution is 2.31. The van der Waals surface area contributed by atoms with Crippen molar-refractivity contribution in [2.45, 2.75) is 25.2 Å². The number of aromatic nitrogens is 1. The smallest absolute Gasteiger partial charge is 0.251 e. The Hall–Kier alpha value is -1.43. The molecule has 18 heavy (non-hydrogen) atoms. The lowest BCUT2D eigenvalue weighted by molar-refractivity contribution is -0.0221. The number of piperidine rings is 1. The molecule has 1 aliphatic rings. The number of aliphatic hydroxyl groups is 1. The van der Waals surface area contributed by atoms with Gasteiger partial charge in [-0.2, -0.15) is 0 Å². The minimum absolute atomic E-state index is 0.0118. The van der Waals surface area contributed by atoms with E-state index in [1.54, 1.807) is 6.07 Å². The number of rotatable bonds is 3. The van der Waals surface area contributed by atoms with Crippen LogP contribution in [0.3, 0.4) is 0 Å². The summed E-state index contributed by atoms with van der Waals surface area (Å²) in [6, 6.07) is 1.74. The number of anilines is 2. The summed E-state index contributed by atoms with van der Waals surface area (Å²) in [5, 5.41) is 9.01. The van der Waals surface area contributed by atoms with Crippen molar-refractivity contribution in [3.63, 3.8) is 0 Å². The lowest BCUT2D eigenvalue weighted by Gasteiger charge is -2.33. The topological polar surface area (TPSA) is 62.4 Å². The number of halogens is 2. The molecule has 0 unspecified atom stereocenters. The van der Waals surface area contributed by atoms with Crippen molar-refractivity contribution in [3.05, 3.63) is 17.8 Å². The number of aliphatic hydroxyl groups excluding tert-OH is 1. The van der Waals surface area contributed by atoms with E-state index in [0.717, 1.165) is 5.56 Å². The van der Waals surface area contributed by atoms with Crippen LogP contribution in [0.25, 0.3) is 0 Å². The first-order valence-electron chi connectivity index (χ1n) is 6.00. The first-order valence-corrected chi connectivity index (χ1v) is 6.00. The molecule has 0 radical (unpaired) electrons. The summed E-state index contributed by atoms with van der Waals surface area (Å²) in [5.41, 5.74) is 6.97. The fourth-order valence-corrected chi connectivity index (χ4v) is 2.16. The van der Waals surface area contributed by atoms with Crippen LogP contribution in [0.4, 0.5) is 20.3 Å². The van der Waals surface area contributed by atoms with E-state index >= 15 is 0 Å². The Morgan fingerprint density at radius 2 is 2.06 bits per heavy atom. The molecule has 0 bridgehead atoms. The summed E-state index contributed by atoms with van der Waals surface area (Å²) in [7, 11) is 0. The molecule has 0 saturated carbocycles. The molecule has 100 valence electrons. The van der Waals surface area contributed by atoms with Crippen molar-refractivity contribution >= 4 is 11.5 Å². The van der Waals surface area contributed by atoms with Crippen LogP contribution in [0.1, 0.15) is 18.4 Å². The van der Waals surface area contributed by atoms with E-state index in [4.69, 9.17) is 10.8 Å². The molecule has 0 aliphatic carbocycles. The van der Waals surface area contributed by atoms with Crippen LogP contribution in [-0.2, 0) is 6.42 Å². The normalized spacial score (nSPS) is 18.9. The minimum Gasteiger partial charge on any atom is -0.397 e. The summed E-state index contributed by atoms with van der Waals surface area (Å²) < 4.78 is 26.2. The Morgan fingerprint density at radius 3 is 2.67 bits per heavy atom. The number of pyridine rings is 1. The molecule has 1 aromatic heterocycles. The lowest BCUT2D eigenvalue weighted by Crippen LogP contribution is -2.40. The maximum atomic E-state index is 13.1. The van der Waals surface area contributed by atoms with Crippen LogP contribution >= 0.6 is 0 Å². The number of hydrogen-bond donors (Lipinski definition) is 2. The molecule has 1 saturated heterocycles. The summed E-state index contributed by atoms with van der Waals surface area (Å²) >= 11 is 0. The van der Waals surface area contributed by atoms with Gasteiger partial charge in [0.1, 0.15) is 5.82 Å². The Kier molecular flexibility index (Phi) is 3.65. The Balaban J connectivity index is 2.18. The second-order valence-electron chi connectivity index (χ2n) is 4.57. The fraction of sp³-hybridized carbons (Fsp3) is 0.583. The van der Waals surface area contributed by atoms with Gasteiger partial charge in [0.25, 0.3) is 5.92 Å². The average molecular weight is 257 g/mol. The molecule has 1 aliphatic heterocycles. The molecule has 4 nitrogen and oxygen atoms in total. The molecule has 1 aromatic rings. The zero-order chi connectivity index (χ0) is 13.2. The van der Waals surface area contributed by atoms with Crippen LogP contribution in [0.15, 0.2) is 12.3 Å². The third-order valence-corrected chi connectivity index (χ3v) is 3.14.